The van der Waals surface area contributed by atoms with Crippen LogP contribution in [0.4, 0.5) is 0 Å². The minimum Gasteiger partial charge on any atom is -0.379 e. The molecule has 2 rings (SSSR count). The first-order valence-electron chi connectivity index (χ1n) is 10.6. The van der Waals surface area contributed by atoms with Crippen LogP contribution in [0.15, 0.2) is 29.3 Å². The highest BCUT2D eigenvalue weighted by Gasteiger charge is 2.14. The Balaban J connectivity index is 1.66. The molecule has 0 saturated carbocycles. The summed E-state index contributed by atoms with van der Waals surface area (Å²) in [5, 5.41) is 6.66. The van der Waals surface area contributed by atoms with Gasteiger partial charge in [-0.05, 0) is 51.2 Å². The van der Waals surface area contributed by atoms with Crippen LogP contribution in [0.2, 0.25) is 0 Å². The third kappa shape index (κ3) is 9.53. The van der Waals surface area contributed by atoms with Crippen molar-refractivity contribution in [1.29, 1.82) is 0 Å². The minimum absolute atomic E-state index is 0.250. The third-order valence-electron chi connectivity index (χ3n) is 4.46. The number of benzene rings is 1. The molecule has 0 aromatic heterocycles. The Hall–Kier alpha value is -1.63. The number of guanidine groups is 1. The Morgan fingerprint density at radius 2 is 2.00 bits per heavy atom. The number of nitrogens with one attached hydrogen (secondary N) is 2. The second-order valence-electron chi connectivity index (χ2n) is 7.36. The Morgan fingerprint density at radius 1 is 1.21 bits per heavy atom. The van der Waals surface area contributed by atoms with Crippen molar-refractivity contribution >= 4 is 5.96 Å². The van der Waals surface area contributed by atoms with Crippen molar-refractivity contribution in [2.45, 2.75) is 65.4 Å². The van der Waals surface area contributed by atoms with E-state index in [1.165, 1.54) is 11.1 Å². The van der Waals surface area contributed by atoms with Crippen molar-refractivity contribution in [2.75, 3.05) is 32.9 Å². The van der Waals surface area contributed by atoms with E-state index < -0.39 is 0 Å². The molecule has 1 heterocycles. The topological polar surface area (TPSA) is 64.1 Å². The minimum atomic E-state index is 0.250. The summed E-state index contributed by atoms with van der Waals surface area (Å²) in [5.41, 5.74) is 2.37. The molecule has 1 aliphatic heterocycles. The molecule has 1 aromatic carbocycles. The molecule has 2 N–H and O–H groups in total. The Bertz CT molecular complexity index is 555. The summed E-state index contributed by atoms with van der Waals surface area (Å²) in [6.45, 7) is 11.5. The monoisotopic (exact) mass is 391 g/mol. The number of hydrogen-bond acceptors (Lipinski definition) is 4. The highest BCUT2D eigenvalue weighted by atomic mass is 16.5. The van der Waals surface area contributed by atoms with Crippen molar-refractivity contribution in [3.63, 3.8) is 0 Å². The second-order valence-corrected chi connectivity index (χ2v) is 7.36. The maximum absolute atomic E-state index is 5.70. The van der Waals surface area contributed by atoms with Gasteiger partial charge >= 0.3 is 0 Å². The second kappa shape index (κ2) is 13.5. The molecular formula is C22H37N3O3. The fraction of sp³-hybridized carbons (Fsp3) is 0.682. The fourth-order valence-corrected chi connectivity index (χ4v) is 2.89. The van der Waals surface area contributed by atoms with Crippen LogP contribution in [0.25, 0.3) is 0 Å². The van der Waals surface area contributed by atoms with Gasteiger partial charge in [-0.3, -0.25) is 0 Å². The van der Waals surface area contributed by atoms with Crippen LogP contribution >= 0.6 is 0 Å². The van der Waals surface area contributed by atoms with E-state index in [-0.39, 0.29) is 6.10 Å². The molecule has 0 bridgehead atoms. The van der Waals surface area contributed by atoms with Crippen molar-refractivity contribution in [3.05, 3.63) is 35.4 Å². The van der Waals surface area contributed by atoms with Gasteiger partial charge in [0.05, 0.1) is 32.0 Å². The molecular weight excluding hydrogens is 354 g/mol. The molecule has 1 aliphatic rings. The maximum atomic E-state index is 5.70. The molecule has 1 aromatic rings. The summed E-state index contributed by atoms with van der Waals surface area (Å²) in [7, 11) is 0. The molecule has 1 atom stereocenters. The van der Waals surface area contributed by atoms with Crippen molar-refractivity contribution in [2.24, 2.45) is 4.99 Å². The Morgan fingerprint density at radius 3 is 2.68 bits per heavy atom. The van der Waals surface area contributed by atoms with Gasteiger partial charge in [-0.25, -0.2) is 4.99 Å². The maximum Gasteiger partial charge on any atom is 0.191 e. The van der Waals surface area contributed by atoms with Gasteiger partial charge in [-0.1, -0.05) is 24.3 Å². The molecule has 0 aliphatic carbocycles. The van der Waals surface area contributed by atoms with Gasteiger partial charge < -0.3 is 24.8 Å². The fourth-order valence-electron chi connectivity index (χ4n) is 2.89. The first-order chi connectivity index (χ1) is 13.7. The number of ether oxygens (including phenoxy) is 3. The van der Waals surface area contributed by atoms with E-state index >= 15 is 0 Å². The smallest absolute Gasteiger partial charge is 0.191 e. The molecule has 0 spiro atoms. The largest absolute Gasteiger partial charge is 0.379 e. The van der Waals surface area contributed by atoms with E-state index in [0.29, 0.717) is 25.9 Å². The van der Waals surface area contributed by atoms with Gasteiger partial charge in [0, 0.05) is 26.3 Å². The highest BCUT2D eigenvalue weighted by Crippen LogP contribution is 2.12. The number of rotatable bonds is 12. The van der Waals surface area contributed by atoms with E-state index in [0.717, 1.165) is 51.5 Å². The van der Waals surface area contributed by atoms with Gasteiger partial charge in [-0.2, -0.15) is 0 Å². The van der Waals surface area contributed by atoms with E-state index in [4.69, 9.17) is 14.2 Å². The molecule has 6 nitrogen and oxygen atoms in total. The normalized spacial score (nSPS) is 17.3. The van der Waals surface area contributed by atoms with E-state index in [9.17, 15) is 0 Å². The van der Waals surface area contributed by atoms with Crippen LogP contribution in [-0.4, -0.2) is 51.1 Å². The first kappa shape index (κ1) is 22.7. The zero-order valence-electron chi connectivity index (χ0n) is 17.7. The average molecular weight is 392 g/mol. The van der Waals surface area contributed by atoms with Gasteiger partial charge in [0.25, 0.3) is 0 Å². The summed E-state index contributed by atoms with van der Waals surface area (Å²) < 4.78 is 16.9. The molecule has 6 heteroatoms. The van der Waals surface area contributed by atoms with Gasteiger partial charge in [0.15, 0.2) is 5.96 Å². The molecule has 1 fully saturated rings. The summed E-state index contributed by atoms with van der Waals surface area (Å²) in [5.74, 6) is 0.842. The molecule has 28 heavy (non-hydrogen) atoms. The van der Waals surface area contributed by atoms with Crippen LogP contribution < -0.4 is 10.6 Å². The van der Waals surface area contributed by atoms with Gasteiger partial charge in [0.2, 0.25) is 0 Å². The van der Waals surface area contributed by atoms with Gasteiger partial charge in [0.1, 0.15) is 0 Å². The standard InChI is InChI=1S/C22H37N3O3/c1-4-23-22(24-12-6-13-26-17-21-7-5-14-27-21)25-15-19-8-10-20(11-9-19)16-28-18(2)3/h8-11,18,21H,4-7,12-17H2,1-3H3,(H2,23,24,25). The lowest BCUT2D eigenvalue weighted by Crippen LogP contribution is -2.38. The Labute approximate surface area is 170 Å². The predicted octanol–water partition coefficient (Wildman–Crippen LogP) is 3.25. The lowest BCUT2D eigenvalue weighted by molar-refractivity contribution is 0.0168. The number of aliphatic imine (C=N–C) groups is 1. The van der Waals surface area contributed by atoms with Gasteiger partial charge in [-0.15, -0.1) is 0 Å². The van der Waals surface area contributed by atoms with Crippen LogP contribution in [0.5, 0.6) is 0 Å². The number of nitrogens with zero attached hydrogens (tertiary/aromatic N) is 1. The van der Waals surface area contributed by atoms with E-state index in [2.05, 4.69) is 60.7 Å². The van der Waals surface area contributed by atoms with Crippen molar-refractivity contribution in [1.82, 2.24) is 10.6 Å². The SMILES string of the molecule is CCNC(=NCc1ccc(COC(C)C)cc1)NCCCOCC1CCCO1. The molecule has 0 amide bonds. The molecule has 0 radical (unpaired) electrons. The van der Waals surface area contributed by atoms with Crippen molar-refractivity contribution < 1.29 is 14.2 Å². The van der Waals surface area contributed by atoms with Crippen molar-refractivity contribution in [3.8, 4) is 0 Å². The molecule has 158 valence electrons. The number of hydrogen-bond donors (Lipinski definition) is 2. The zero-order chi connectivity index (χ0) is 20.0. The first-order valence-corrected chi connectivity index (χ1v) is 10.6. The summed E-state index contributed by atoms with van der Waals surface area (Å²) >= 11 is 0. The van der Waals surface area contributed by atoms with Crippen LogP contribution in [0.1, 0.15) is 51.2 Å². The Kier molecular flexibility index (Phi) is 10.9. The molecule has 1 saturated heterocycles. The average Bonchev–Trinajstić information content (AvgIpc) is 3.21. The summed E-state index contributed by atoms with van der Waals surface area (Å²) in [6, 6.07) is 8.45. The highest BCUT2D eigenvalue weighted by molar-refractivity contribution is 5.79. The zero-order valence-corrected chi connectivity index (χ0v) is 17.7. The lowest BCUT2D eigenvalue weighted by atomic mass is 10.1. The summed E-state index contributed by atoms with van der Waals surface area (Å²) in [6.07, 6.45) is 3.78. The van der Waals surface area contributed by atoms with E-state index in [1.54, 1.807) is 0 Å². The lowest BCUT2D eigenvalue weighted by Gasteiger charge is -2.13. The third-order valence-corrected chi connectivity index (χ3v) is 4.46. The molecule has 1 unspecified atom stereocenters. The quantitative estimate of drug-likeness (QED) is 0.325. The van der Waals surface area contributed by atoms with Crippen LogP contribution in [0.3, 0.4) is 0 Å². The van der Waals surface area contributed by atoms with Crippen LogP contribution in [-0.2, 0) is 27.4 Å². The van der Waals surface area contributed by atoms with Crippen LogP contribution in [0, 0.1) is 0 Å². The predicted molar refractivity (Wildman–Crippen MR) is 114 cm³/mol. The van der Waals surface area contributed by atoms with E-state index in [1.807, 2.05) is 0 Å². The summed E-state index contributed by atoms with van der Waals surface area (Å²) in [4.78, 5) is 4.67.